The van der Waals surface area contributed by atoms with Gasteiger partial charge in [0.2, 0.25) is 0 Å². The maximum absolute atomic E-state index is 11.9. The highest BCUT2D eigenvalue weighted by molar-refractivity contribution is 5.91. The molecule has 0 unspecified atom stereocenters. The number of nitrogens with one attached hydrogen (secondary N) is 1. The van der Waals surface area contributed by atoms with Crippen molar-refractivity contribution >= 4 is 17.6 Å². The topological polar surface area (TPSA) is 58.6 Å². The Bertz CT molecular complexity index is 758. The number of carbonyl (C=O) groups excluding carboxylic acids is 2. The van der Waals surface area contributed by atoms with Crippen LogP contribution in [0.5, 0.6) is 0 Å². The van der Waals surface area contributed by atoms with Gasteiger partial charge < -0.3 is 15.0 Å². The van der Waals surface area contributed by atoms with Gasteiger partial charge in [-0.05, 0) is 50.6 Å². The smallest absolute Gasteiger partial charge is 0.338 e. The number of rotatable bonds is 8. The molecular weight excluding hydrogens is 328 g/mol. The first-order valence-electron chi connectivity index (χ1n) is 8.81. The van der Waals surface area contributed by atoms with Crippen molar-refractivity contribution in [1.29, 1.82) is 0 Å². The third-order valence-corrected chi connectivity index (χ3v) is 4.04. The molecule has 2 rings (SSSR count). The lowest BCUT2D eigenvalue weighted by Crippen LogP contribution is -2.36. The van der Waals surface area contributed by atoms with Gasteiger partial charge in [0.15, 0.2) is 6.61 Å². The van der Waals surface area contributed by atoms with Crippen molar-refractivity contribution in [3.05, 3.63) is 65.2 Å². The standard InChI is InChI=1S/C21H26N2O3/c1-4-23(19-10-6-8-17(3)14-19)12-11-22-20(24)15-26-21(25)18-9-5-7-16(2)13-18/h5-10,13-14H,4,11-12,15H2,1-3H3,(H,22,24). The minimum Gasteiger partial charge on any atom is -0.452 e. The van der Waals surface area contributed by atoms with Crippen molar-refractivity contribution in [2.75, 3.05) is 31.1 Å². The summed E-state index contributed by atoms with van der Waals surface area (Å²) in [7, 11) is 0. The number of likely N-dealkylation sites (N-methyl/N-ethyl adjacent to an activating group) is 1. The Morgan fingerprint density at radius 3 is 2.38 bits per heavy atom. The summed E-state index contributed by atoms with van der Waals surface area (Å²) in [5.74, 6) is -0.787. The van der Waals surface area contributed by atoms with Gasteiger partial charge in [0.1, 0.15) is 0 Å². The van der Waals surface area contributed by atoms with Gasteiger partial charge in [0, 0.05) is 25.3 Å². The predicted molar refractivity (Wildman–Crippen MR) is 104 cm³/mol. The van der Waals surface area contributed by atoms with Crippen LogP contribution in [0.3, 0.4) is 0 Å². The largest absolute Gasteiger partial charge is 0.452 e. The second kappa shape index (κ2) is 9.61. The van der Waals surface area contributed by atoms with Gasteiger partial charge in [-0.25, -0.2) is 4.79 Å². The monoisotopic (exact) mass is 354 g/mol. The first-order chi connectivity index (χ1) is 12.5. The zero-order valence-corrected chi connectivity index (χ0v) is 15.6. The molecule has 0 aromatic heterocycles. The Hall–Kier alpha value is -2.82. The molecule has 0 aliphatic carbocycles. The van der Waals surface area contributed by atoms with Gasteiger partial charge in [0.25, 0.3) is 5.91 Å². The number of benzene rings is 2. The van der Waals surface area contributed by atoms with E-state index in [2.05, 4.69) is 42.3 Å². The molecule has 1 N–H and O–H groups in total. The number of esters is 1. The van der Waals surface area contributed by atoms with Crippen LogP contribution in [0.4, 0.5) is 5.69 Å². The molecule has 0 saturated heterocycles. The fraction of sp³-hybridized carbons (Fsp3) is 0.333. The Morgan fingerprint density at radius 2 is 1.73 bits per heavy atom. The van der Waals surface area contributed by atoms with E-state index in [4.69, 9.17) is 4.74 Å². The molecule has 2 aromatic carbocycles. The number of amides is 1. The van der Waals surface area contributed by atoms with Crippen LogP contribution in [0, 0.1) is 13.8 Å². The third kappa shape index (κ3) is 5.92. The average molecular weight is 354 g/mol. The van der Waals surface area contributed by atoms with Gasteiger partial charge in [-0.3, -0.25) is 4.79 Å². The molecule has 0 fully saturated rings. The van der Waals surface area contributed by atoms with E-state index in [9.17, 15) is 9.59 Å². The van der Waals surface area contributed by atoms with Crippen molar-refractivity contribution < 1.29 is 14.3 Å². The van der Waals surface area contributed by atoms with E-state index >= 15 is 0 Å². The summed E-state index contributed by atoms with van der Waals surface area (Å²) in [6.07, 6.45) is 0. The molecule has 5 heteroatoms. The number of nitrogens with zero attached hydrogens (tertiary/aromatic N) is 1. The van der Waals surface area contributed by atoms with Crippen LogP contribution in [0.25, 0.3) is 0 Å². The normalized spacial score (nSPS) is 10.3. The lowest BCUT2D eigenvalue weighted by molar-refractivity contribution is -0.124. The zero-order valence-electron chi connectivity index (χ0n) is 15.6. The highest BCUT2D eigenvalue weighted by Crippen LogP contribution is 2.14. The number of hydrogen-bond donors (Lipinski definition) is 1. The molecule has 2 aromatic rings. The molecule has 0 saturated carbocycles. The van der Waals surface area contributed by atoms with E-state index in [1.807, 2.05) is 19.1 Å². The number of anilines is 1. The zero-order chi connectivity index (χ0) is 18.9. The van der Waals surface area contributed by atoms with Crippen molar-refractivity contribution in [3.63, 3.8) is 0 Å². The summed E-state index contributed by atoms with van der Waals surface area (Å²) >= 11 is 0. The van der Waals surface area contributed by atoms with Crippen LogP contribution in [-0.4, -0.2) is 38.1 Å². The first kappa shape index (κ1) is 19.5. The van der Waals surface area contributed by atoms with Crippen LogP contribution >= 0.6 is 0 Å². The number of aryl methyl sites for hydroxylation is 2. The Balaban J connectivity index is 1.75. The summed E-state index contributed by atoms with van der Waals surface area (Å²) < 4.78 is 5.06. The summed E-state index contributed by atoms with van der Waals surface area (Å²) in [5.41, 5.74) is 3.76. The van der Waals surface area contributed by atoms with Crippen LogP contribution in [0.2, 0.25) is 0 Å². The number of carbonyl (C=O) groups is 2. The van der Waals surface area contributed by atoms with Crippen molar-refractivity contribution in [3.8, 4) is 0 Å². The Kier molecular flexibility index (Phi) is 7.21. The molecule has 138 valence electrons. The lowest BCUT2D eigenvalue weighted by atomic mass is 10.1. The van der Waals surface area contributed by atoms with Crippen LogP contribution < -0.4 is 10.2 Å². The molecule has 0 spiro atoms. The van der Waals surface area contributed by atoms with Gasteiger partial charge in [0.05, 0.1) is 5.56 Å². The summed E-state index contributed by atoms with van der Waals surface area (Å²) in [5, 5.41) is 2.79. The van der Waals surface area contributed by atoms with Crippen molar-refractivity contribution in [2.45, 2.75) is 20.8 Å². The maximum atomic E-state index is 11.9. The summed E-state index contributed by atoms with van der Waals surface area (Å²) in [6.45, 7) is 7.79. The number of hydrogen-bond acceptors (Lipinski definition) is 4. The molecule has 0 radical (unpaired) electrons. The van der Waals surface area contributed by atoms with E-state index in [-0.39, 0.29) is 12.5 Å². The van der Waals surface area contributed by atoms with Crippen LogP contribution in [-0.2, 0) is 9.53 Å². The molecule has 26 heavy (non-hydrogen) atoms. The van der Waals surface area contributed by atoms with Crippen LogP contribution in [0.15, 0.2) is 48.5 Å². The molecule has 0 heterocycles. The van der Waals surface area contributed by atoms with Gasteiger partial charge in [-0.1, -0.05) is 29.8 Å². The Morgan fingerprint density at radius 1 is 1.04 bits per heavy atom. The maximum Gasteiger partial charge on any atom is 0.338 e. The highest BCUT2D eigenvalue weighted by atomic mass is 16.5. The second-order valence-electron chi connectivity index (χ2n) is 6.21. The fourth-order valence-electron chi connectivity index (χ4n) is 2.66. The van der Waals surface area contributed by atoms with E-state index in [1.54, 1.807) is 18.2 Å². The van der Waals surface area contributed by atoms with E-state index in [0.717, 1.165) is 17.8 Å². The molecule has 1 amide bonds. The molecule has 0 aliphatic heterocycles. The second-order valence-corrected chi connectivity index (χ2v) is 6.21. The minimum absolute atomic E-state index is 0.274. The molecule has 0 aliphatic rings. The summed E-state index contributed by atoms with van der Waals surface area (Å²) in [6, 6.07) is 15.4. The van der Waals surface area contributed by atoms with Gasteiger partial charge in [-0.2, -0.15) is 0 Å². The fourth-order valence-corrected chi connectivity index (χ4v) is 2.66. The predicted octanol–water partition coefficient (Wildman–Crippen LogP) is 3.10. The van der Waals surface area contributed by atoms with Crippen LogP contribution in [0.1, 0.15) is 28.4 Å². The number of ether oxygens (including phenoxy) is 1. The first-order valence-corrected chi connectivity index (χ1v) is 8.81. The molecule has 0 bridgehead atoms. The average Bonchev–Trinajstić information content (AvgIpc) is 2.63. The quantitative estimate of drug-likeness (QED) is 0.740. The lowest BCUT2D eigenvalue weighted by Gasteiger charge is -2.23. The van der Waals surface area contributed by atoms with E-state index in [0.29, 0.717) is 18.7 Å². The summed E-state index contributed by atoms with van der Waals surface area (Å²) in [4.78, 5) is 26.0. The van der Waals surface area contributed by atoms with E-state index < -0.39 is 5.97 Å². The molecule has 5 nitrogen and oxygen atoms in total. The Labute approximate surface area is 155 Å². The highest BCUT2D eigenvalue weighted by Gasteiger charge is 2.10. The molecule has 0 atom stereocenters. The van der Waals surface area contributed by atoms with Crippen molar-refractivity contribution in [2.24, 2.45) is 0 Å². The molecular formula is C21H26N2O3. The van der Waals surface area contributed by atoms with Gasteiger partial charge >= 0.3 is 5.97 Å². The third-order valence-electron chi connectivity index (χ3n) is 4.04. The van der Waals surface area contributed by atoms with Gasteiger partial charge in [-0.15, -0.1) is 0 Å². The van der Waals surface area contributed by atoms with E-state index in [1.165, 1.54) is 5.56 Å². The van der Waals surface area contributed by atoms with Crippen molar-refractivity contribution in [1.82, 2.24) is 5.32 Å². The minimum atomic E-state index is -0.487. The SMILES string of the molecule is CCN(CCNC(=O)COC(=O)c1cccc(C)c1)c1cccc(C)c1.